The van der Waals surface area contributed by atoms with E-state index in [4.69, 9.17) is 21.1 Å². The molecule has 4 nitrogen and oxygen atoms in total. The summed E-state index contributed by atoms with van der Waals surface area (Å²) < 4.78 is 11.2. The third-order valence-electron chi connectivity index (χ3n) is 3.50. The van der Waals surface area contributed by atoms with Crippen LogP contribution in [0.25, 0.3) is 0 Å². The second kappa shape index (κ2) is 8.31. The SMILES string of the molecule is O=C(NCCSCc1cccc(Cl)c1)C1COc2ccccc2O1. The maximum absolute atomic E-state index is 12.1. The zero-order valence-corrected chi connectivity index (χ0v) is 14.6. The number of hydrogen-bond donors (Lipinski definition) is 1. The molecule has 1 atom stereocenters. The van der Waals surface area contributed by atoms with Gasteiger partial charge in [-0.15, -0.1) is 0 Å². The van der Waals surface area contributed by atoms with E-state index in [9.17, 15) is 4.79 Å². The lowest BCUT2D eigenvalue weighted by molar-refractivity contribution is -0.130. The first-order valence-corrected chi connectivity index (χ1v) is 9.24. The van der Waals surface area contributed by atoms with Crippen molar-refractivity contribution < 1.29 is 14.3 Å². The Kier molecular flexibility index (Phi) is 5.88. The van der Waals surface area contributed by atoms with Gasteiger partial charge in [0.1, 0.15) is 6.61 Å². The van der Waals surface area contributed by atoms with Crippen LogP contribution in [0.15, 0.2) is 48.5 Å². The summed E-state index contributed by atoms with van der Waals surface area (Å²) in [5.74, 6) is 2.83. The van der Waals surface area contributed by atoms with Crippen LogP contribution in [0.1, 0.15) is 5.56 Å². The van der Waals surface area contributed by atoms with Crippen LogP contribution >= 0.6 is 23.4 Å². The van der Waals surface area contributed by atoms with E-state index < -0.39 is 6.10 Å². The van der Waals surface area contributed by atoms with Crippen LogP contribution < -0.4 is 14.8 Å². The molecule has 6 heteroatoms. The zero-order valence-electron chi connectivity index (χ0n) is 13.0. The summed E-state index contributed by atoms with van der Waals surface area (Å²) in [4.78, 5) is 12.1. The normalized spacial score (nSPS) is 15.8. The molecule has 0 aliphatic carbocycles. The fraction of sp³-hybridized carbons (Fsp3) is 0.278. The van der Waals surface area contributed by atoms with E-state index in [0.29, 0.717) is 18.0 Å². The van der Waals surface area contributed by atoms with Crippen LogP contribution in [0.2, 0.25) is 5.02 Å². The second-order valence-electron chi connectivity index (χ2n) is 5.34. The number of benzene rings is 2. The highest BCUT2D eigenvalue weighted by Crippen LogP contribution is 2.30. The smallest absolute Gasteiger partial charge is 0.264 e. The predicted octanol–water partition coefficient (Wildman–Crippen LogP) is 3.53. The van der Waals surface area contributed by atoms with Gasteiger partial charge in [0, 0.05) is 23.1 Å². The molecule has 24 heavy (non-hydrogen) atoms. The summed E-state index contributed by atoms with van der Waals surface area (Å²) in [5, 5.41) is 3.64. The van der Waals surface area contributed by atoms with Crippen molar-refractivity contribution in [3.05, 3.63) is 59.1 Å². The van der Waals surface area contributed by atoms with Gasteiger partial charge in [0.25, 0.3) is 5.91 Å². The number of halogens is 1. The highest BCUT2D eigenvalue weighted by Gasteiger charge is 2.26. The van der Waals surface area contributed by atoms with E-state index in [2.05, 4.69) is 5.32 Å². The number of rotatable bonds is 6. The topological polar surface area (TPSA) is 47.6 Å². The number of carbonyl (C=O) groups is 1. The number of para-hydroxylation sites is 2. The van der Waals surface area contributed by atoms with Crippen LogP contribution in [0, 0.1) is 0 Å². The summed E-state index contributed by atoms with van der Waals surface area (Å²) in [6.45, 7) is 0.823. The molecule has 0 radical (unpaired) electrons. The highest BCUT2D eigenvalue weighted by atomic mass is 35.5. The molecule has 1 aliphatic rings. The number of carbonyl (C=O) groups excluding carboxylic acids is 1. The molecule has 1 unspecified atom stereocenters. The van der Waals surface area contributed by atoms with Gasteiger partial charge in [-0.1, -0.05) is 35.9 Å². The standard InChI is InChI=1S/C18H18ClNO3S/c19-14-5-3-4-13(10-14)12-24-9-8-20-18(21)17-11-22-15-6-1-2-7-16(15)23-17/h1-7,10,17H,8-9,11-12H2,(H,20,21). The molecule has 1 amide bonds. The third kappa shape index (κ3) is 4.58. The Hall–Kier alpha value is -1.85. The van der Waals surface area contributed by atoms with E-state index in [1.54, 1.807) is 17.8 Å². The number of nitrogens with one attached hydrogen (secondary N) is 1. The van der Waals surface area contributed by atoms with E-state index >= 15 is 0 Å². The minimum absolute atomic E-state index is 0.146. The van der Waals surface area contributed by atoms with Gasteiger partial charge in [0.2, 0.25) is 6.10 Å². The molecule has 0 fully saturated rings. The van der Waals surface area contributed by atoms with Gasteiger partial charge < -0.3 is 14.8 Å². The number of amides is 1. The van der Waals surface area contributed by atoms with Crippen molar-refractivity contribution in [2.45, 2.75) is 11.9 Å². The molecule has 1 aliphatic heterocycles. The third-order valence-corrected chi connectivity index (χ3v) is 4.77. The Labute approximate surface area is 150 Å². The van der Waals surface area contributed by atoms with Crippen LogP contribution in [0.4, 0.5) is 0 Å². The van der Waals surface area contributed by atoms with Gasteiger partial charge in [0.15, 0.2) is 11.5 Å². The van der Waals surface area contributed by atoms with Crippen molar-refractivity contribution in [3.8, 4) is 11.5 Å². The minimum Gasteiger partial charge on any atom is -0.485 e. The first-order valence-electron chi connectivity index (χ1n) is 7.71. The molecule has 0 saturated heterocycles. The molecule has 0 aromatic heterocycles. The molecule has 0 bridgehead atoms. The highest BCUT2D eigenvalue weighted by molar-refractivity contribution is 7.98. The average Bonchev–Trinajstić information content (AvgIpc) is 2.61. The fourth-order valence-electron chi connectivity index (χ4n) is 2.33. The maximum Gasteiger partial charge on any atom is 0.264 e. The molecule has 1 heterocycles. The van der Waals surface area contributed by atoms with E-state index in [1.807, 2.05) is 42.5 Å². The van der Waals surface area contributed by atoms with E-state index in [1.165, 1.54) is 5.56 Å². The zero-order chi connectivity index (χ0) is 16.8. The Balaban J connectivity index is 1.37. The van der Waals surface area contributed by atoms with E-state index in [0.717, 1.165) is 16.5 Å². The molecule has 2 aromatic rings. The largest absolute Gasteiger partial charge is 0.485 e. The first kappa shape index (κ1) is 17.0. The summed E-state index contributed by atoms with van der Waals surface area (Å²) in [6, 6.07) is 15.2. The Morgan fingerprint density at radius 2 is 2.04 bits per heavy atom. The van der Waals surface area contributed by atoms with Gasteiger partial charge in [-0.25, -0.2) is 0 Å². The number of ether oxygens (including phenoxy) is 2. The lowest BCUT2D eigenvalue weighted by atomic mass is 10.2. The van der Waals surface area contributed by atoms with Crippen LogP contribution in [0.3, 0.4) is 0 Å². The molecular weight excluding hydrogens is 346 g/mol. The van der Waals surface area contributed by atoms with Crippen molar-refractivity contribution >= 4 is 29.3 Å². The Morgan fingerprint density at radius 3 is 2.88 bits per heavy atom. The summed E-state index contributed by atoms with van der Waals surface area (Å²) >= 11 is 7.70. The van der Waals surface area contributed by atoms with Crippen molar-refractivity contribution in [2.75, 3.05) is 18.9 Å². The molecule has 1 N–H and O–H groups in total. The molecular formula is C18H18ClNO3S. The molecule has 2 aromatic carbocycles. The summed E-state index contributed by atoms with van der Waals surface area (Å²) in [6.07, 6.45) is -0.599. The van der Waals surface area contributed by atoms with Crippen molar-refractivity contribution in [2.24, 2.45) is 0 Å². The van der Waals surface area contributed by atoms with Crippen molar-refractivity contribution in [3.63, 3.8) is 0 Å². The monoisotopic (exact) mass is 363 g/mol. The van der Waals surface area contributed by atoms with Gasteiger partial charge in [-0.2, -0.15) is 11.8 Å². The van der Waals surface area contributed by atoms with Crippen LogP contribution in [-0.2, 0) is 10.5 Å². The quantitative estimate of drug-likeness (QED) is 0.797. The number of fused-ring (bicyclic) bond motifs is 1. The van der Waals surface area contributed by atoms with Gasteiger partial charge in [-0.05, 0) is 29.8 Å². The Bertz CT molecular complexity index is 710. The molecule has 0 spiro atoms. The second-order valence-corrected chi connectivity index (χ2v) is 6.88. The average molecular weight is 364 g/mol. The molecule has 126 valence electrons. The first-order chi connectivity index (χ1) is 11.7. The fourth-order valence-corrected chi connectivity index (χ4v) is 3.34. The van der Waals surface area contributed by atoms with Gasteiger partial charge >= 0.3 is 0 Å². The lowest BCUT2D eigenvalue weighted by Gasteiger charge is -2.25. The number of hydrogen-bond acceptors (Lipinski definition) is 4. The lowest BCUT2D eigenvalue weighted by Crippen LogP contribution is -2.44. The minimum atomic E-state index is -0.599. The summed E-state index contributed by atoms with van der Waals surface area (Å²) in [7, 11) is 0. The van der Waals surface area contributed by atoms with Crippen molar-refractivity contribution in [1.82, 2.24) is 5.32 Å². The molecule has 0 saturated carbocycles. The van der Waals surface area contributed by atoms with Crippen molar-refractivity contribution in [1.29, 1.82) is 0 Å². The number of thioether (sulfide) groups is 1. The van der Waals surface area contributed by atoms with Crippen LogP contribution in [-0.4, -0.2) is 30.9 Å². The van der Waals surface area contributed by atoms with Crippen LogP contribution in [0.5, 0.6) is 11.5 Å². The maximum atomic E-state index is 12.1. The van der Waals surface area contributed by atoms with Gasteiger partial charge in [0.05, 0.1) is 0 Å². The summed E-state index contributed by atoms with van der Waals surface area (Å²) in [5.41, 5.74) is 1.18. The van der Waals surface area contributed by atoms with E-state index in [-0.39, 0.29) is 12.5 Å². The predicted molar refractivity (Wildman–Crippen MR) is 97.0 cm³/mol. The molecule has 3 rings (SSSR count). The Morgan fingerprint density at radius 1 is 1.21 bits per heavy atom. The van der Waals surface area contributed by atoms with Gasteiger partial charge in [-0.3, -0.25) is 4.79 Å².